The quantitative estimate of drug-likeness (QED) is 0.324. The molecule has 1 amide bonds. The molecule has 1 atom stereocenters. The number of pyridine rings is 1. The van der Waals surface area contributed by atoms with Gasteiger partial charge < -0.3 is 10.4 Å². The Morgan fingerprint density at radius 1 is 1.05 bits per heavy atom. The Balaban J connectivity index is 1.60. The number of hydrogen-bond donors (Lipinski definition) is 2. The minimum Gasteiger partial charge on any atom is -0.481 e. The van der Waals surface area contributed by atoms with Crippen molar-refractivity contribution in [2.45, 2.75) is 64.5 Å². The Kier molecular flexibility index (Phi) is 8.19. The SMILES string of the molecule is Cc1ncc(-c2ccc(C(C(=O)Nc3cccc(CCC(=O)O)c3C)C3CCCC3)cc2)cc1C(F)(F)F. The van der Waals surface area contributed by atoms with E-state index in [4.69, 9.17) is 5.11 Å². The molecular formula is C30H31F3N2O3. The highest BCUT2D eigenvalue weighted by molar-refractivity contribution is 5.97. The molecule has 1 unspecified atom stereocenters. The van der Waals surface area contributed by atoms with Gasteiger partial charge in [0.15, 0.2) is 0 Å². The summed E-state index contributed by atoms with van der Waals surface area (Å²) in [5, 5.41) is 12.1. The molecule has 1 heterocycles. The third-order valence-electron chi connectivity index (χ3n) is 7.46. The topological polar surface area (TPSA) is 79.3 Å². The Morgan fingerprint density at radius 3 is 2.37 bits per heavy atom. The van der Waals surface area contributed by atoms with Crippen LogP contribution in [0.25, 0.3) is 11.1 Å². The molecule has 0 radical (unpaired) electrons. The first-order chi connectivity index (χ1) is 18.0. The van der Waals surface area contributed by atoms with Crippen molar-refractivity contribution in [3.05, 3.63) is 82.7 Å². The third-order valence-corrected chi connectivity index (χ3v) is 7.46. The Morgan fingerprint density at radius 2 is 1.74 bits per heavy atom. The normalized spacial score (nSPS) is 14.9. The van der Waals surface area contributed by atoms with Crippen molar-refractivity contribution < 1.29 is 27.9 Å². The maximum Gasteiger partial charge on any atom is 0.418 e. The molecule has 4 rings (SSSR count). The summed E-state index contributed by atoms with van der Waals surface area (Å²) >= 11 is 0. The number of carbonyl (C=O) groups is 2. The van der Waals surface area contributed by atoms with Crippen molar-refractivity contribution in [3.8, 4) is 11.1 Å². The highest BCUT2D eigenvalue weighted by Crippen LogP contribution is 2.39. The fourth-order valence-electron chi connectivity index (χ4n) is 5.33. The molecule has 8 heteroatoms. The highest BCUT2D eigenvalue weighted by Gasteiger charge is 2.34. The second-order valence-electron chi connectivity index (χ2n) is 9.97. The average Bonchev–Trinajstić information content (AvgIpc) is 3.39. The van der Waals surface area contributed by atoms with E-state index in [0.717, 1.165) is 48.4 Å². The number of aliphatic carboxylic acids is 1. The van der Waals surface area contributed by atoms with Gasteiger partial charge in [-0.15, -0.1) is 0 Å². The van der Waals surface area contributed by atoms with E-state index < -0.39 is 23.6 Å². The maximum atomic E-state index is 13.6. The maximum absolute atomic E-state index is 13.6. The molecule has 1 aliphatic carbocycles. The predicted molar refractivity (Wildman–Crippen MR) is 140 cm³/mol. The zero-order valence-electron chi connectivity index (χ0n) is 21.4. The number of alkyl halides is 3. The van der Waals surface area contributed by atoms with Gasteiger partial charge in [-0.05, 0) is 73.4 Å². The molecule has 2 aromatic carbocycles. The predicted octanol–water partition coefficient (Wildman–Crippen LogP) is 7.31. The van der Waals surface area contributed by atoms with Crippen LogP contribution in [0.3, 0.4) is 0 Å². The molecule has 0 spiro atoms. The minimum absolute atomic E-state index is 0.0102. The van der Waals surface area contributed by atoms with Gasteiger partial charge in [0.05, 0.1) is 11.5 Å². The zero-order chi connectivity index (χ0) is 27.4. The van der Waals surface area contributed by atoms with Gasteiger partial charge in [0, 0.05) is 29.6 Å². The molecule has 0 bridgehead atoms. The molecule has 1 aliphatic rings. The Hall–Kier alpha value is -3.68. The summed E-state index contributed by atoms with van der Waals surface area (Å²) in [6.45, 7) is 3.21. The third kappa shape index (κ3) is 6.23. The number of carboxylic acids is 1. The van der Waals surface area contributed by atoms with Crippen LogP contribution in [-0.2, 0) is 22.2 Å². The number of amides is 1. The van der Waals surface area contributed by atoms with Gasteiger partial charge in [-0.2, -0.15) is 13.2 Å². The van der Waals surface area contributed by atoms with Crippen LogP contribution >= 0.6 is 0 Å². The lowest BCUT2D eigenvalue weighted by atomic mass is 9.83. The van der Waals surface area contributed by atoms with E-state index >= 15 is 0 Å². The van der Waals surface area contributed by atoms with Crippen molar-refractivity contribution in [2.24, 2.45) is 5.92 Å². The van der Waals surface area contributed by atoms with Gasteiger partial charge in [-0.25, -0.2) is 0 Å². The summed E-state index contributed by atoms with van der Waals surface area (Å²) in [6.07, 6.45) is 1.28. The van der Waals surface area contributed by atoms with E-state index in [2.05, 4.69) is 10.3 Å². The molecule has 1 fully saturated rings. The van der Waals surface area contributed by atoms with Crippen LogP contribution < -0.4 is 5.32 Å². The summed E-state index contributed by atoms with van der Waals surface area (Å²) < 4.78 is 40.1. The molecule has 1 saturated carbocycles. The van der Waals surface area contributed by atoms with Gasteiger partial charge in [0.1, 0.15) is 0 Å². The number of hydrogen-bond acceptors (Lipinski definition) is 3. The van der Waals surface area contributed by atoms with Crippen molar-refractivity contribution >= 4 is 17.6 Å². The number of nitrogens with zero attached hydrogens (tertiary/aromatic N) is 1. The first kappa shape index (κ1) is 27.4. The summed E-state index contributed by atoms with van der Waals surface area (Å²) in [5.41, 5.74) is 3.31. The van der Waals surface area contributed by atoms with Crippen LogP contribution in [0.2, 0.25) is 0 Å². The van der Waals surface area contributed by atoms with Crippen molar-refractivity contribution in [1.29, 1.82) is 0 Å². The molecule has 0 saturated heterocycles. The van der Waals surface area contributed by atoms with E-state index in [9.17, 15) is 22.8 Å². The fourth-order valence-corrected chi connectivity index (χ4v) is 5.33. The summed E-state index contributed by atoms with van der Waals surface area (Å²) in [6, 6.07) is 13.7. The molecule has 1 aromatic heterocycles. The number of benzene rings is 2. The van der Waals surface area contributed by atoms with Gasteiger partial charge in [0.25, 0.3) is 0 Å². The number of carboxylic acid groups (broad SMARTS) is 1. The summed E-state index contributed by atoms with van der Waals surface area (Å²) in [7, 11) is 0. The van der Waals surface area contributed by atoms with Gasteiger partial charge in [-0.3, -0.25) is 14.6 Å². The standard InChI is InChI=1S/C30H31F3N2O3/c1-18-20(14-15-27(36)37)8-5-9-26(18)35-29(38)28(22-6-3-4-7-22)23-12-10-21(11-13-23)24-16-25(30(31,32)33)19(2)34-17-24/h5,8-13,16-17,22,28H,3-4,6-7,14-15H2,1-2H3,(H,35,38)(H,36,37). The van der Waals surface area contributed by atoms with E-state index in [0.29, 0.717) is 23.2 Å². The smallest absolute Gasteiger partial charge is 0.418 e. The van der Waals surface area contributed by atoms with Crippen molar-refractivity contribution in [2.75, 3.05) is 5.32 Å². The second-order valence-corrected chi connectivity index (χ2v) is 9.97. The molecule has 0 aliphatic heterocycles. The average molecular weight is 525 g/mol. The van der Waals surface area contributed by atoms with Gasteiger partial charge in [0.2, 0.25) is 5.91 Å². The molecule has 200 valence electrons. The number of aromatic nitrogens is 1. The molecule has 38 heavy (non-hydrogen) atoms. The number of aryl methyl sites for hydroxylation is 2. The van der Waals surface area contributed by atoms with Crippen molar-refractivity contribution in [3.63, 3.8) is 0 Å². The van der Waals surface area contributed by atoms with E-state index in [1.807, 2.05) is 37.3 Å². The van der Waals surface area contributed by atoms with Crippen LogP contribution in [0, 0.1) is 19.8 Å². The van der Waals surface area contributed by atoms with Crippen LogP contribution in [0.4, 0.5) is 18.9 Å². The first-order valence-electron chi connectivity index (χ1n) is 12.8. The first-order valence-corrected chi connectivity index (χ1v) is 12.8. The van der Waals surface area contributed by atoms with E-state index in [-0.39, 0.29) is 23.9 Å². The zero-order valence-corrected chi connectivity index (χ0v) is 21.4. The van der Waals surface area contributed by atoms with Crippen molar-refractivity contribution in [1.82, 2.24) is 4.98 Å². The van der Waals surface area contributed by atoms with E-state index in [1.165, 1.54) is 13.1 Å². The van der Waals surface area contributed by atoms with Crippen LogP contribution in [0.5, 0.6) is 0 Å². The van der Waals surface area contributed by atoms with Crippen LogP contribution in [0.15, 0.2) is 54.7 Å². The lowest BCUT2D eigenvalue weighted by Crippen LogP contribution is -2.27. The van der Waals surface area contributed by atoms with Gasteiger partial charge >= 0.3 is 12.1 Å². The number of halogens is 3. The second kappa shape index (κ2) is 11.4. The summed E-state index contributed by atoms with van der Waals surface area (Å²) in [5.74, 6) is -1.26. The Labute approximate surface area is 220 Å². The largest absolute Gasteiger partial charge is 0.481 e. The number of anilines is 1. The van der Waals surface area contributed by atoms with E-state index in [1.54, 1.807) is 12.1 Å². The van der Waals surface area contributed by atoms with Crippen LogP contribution in [-0.4, -0.2) is 22.0 Å². The molecule has 2 N–H and O–H groups in total. The minimum atomic E-state index is -4.48. The molecule has 3 aromatic rings. The number of carbonyl (C=O) groups excluding carboxylic acids is 1. The van der Waals surface area contributed by atoms with Gasteiger partial charge in [-0.1, -0.05) is 49.2 Å². The number of rotatable bonds is 8. The monoisotopic (exact) mass is 524 g/mol. The fraction of sp³-hybridized carbons (Fsp3) is 0.367. The molecular weight excluding hydrogens is 493 g/mol. The summed E-state index contributed by atoms with van der Waals surface area (Å²) in [4.78, 5) is 28.6. The lowest BCUT2D eigenvalue weighted by molar-refractivity contribution is -0.138. The lowest BCUT2D eigenvalue weighted by Gasteiger charge is -2.24. The number of nitrogens with one attached hydrogen (secondary N) is 1. The molecule has 5 nitrogen and oxygen atoms in total. The highest BCUT2D eigenvalue weighted by atomic mass is 19.4. The Bertz CT molecular complexity index is 1310. The van der Waals surface area contributed by atoms with Crippen LogP contribution in [0.1, 0.15) is 66.0 Å².